The van der Waals surface area contributed by atoms with Gasteiger partial charge in [-0.15, -0.1) is 0 Å². The molecule has 1 aromatic carbocycles. The number of aromatic nitrogens is 2. The van der Waals surface area contributed by atoms with Crippen molar-refractivity contribution in [3.05, 3.63) is 30.1 Å². The number of nitrogens with zero attached hydrogens (tertiary/aromatic N) is 2. The molecule has 0 aliphatic rings. The fourth-order valence-corrected chi connectivity index (χ4v) is 2.91. The summed E-state index contributed by atoms with van der Waals surface area (Å²) >= 11 is 0. The Bertz CT molecular complexity index is 675. The van der Waals surface area contributed by atoms with E-state index in [1.807, 2.05) is 25.1 Å². The van der Waals surface area contributed by atoms with Gasteiger partial charge in [-0.25, -0.2) is 4.98 Å². The minimum atomic E-state index is -0.477. The fraction of sp³-hybridized carbons (Fsp3) is 0.556. The van der Waals surface area contributed by atoms with Gasteiger partial charge in [-0.1, -0.05) is 26.0 Å². The average molecular weight is 316 g/mol. The van der Waals surface area contributed by atoms with Gasteiger partial charge < -0.3 is 15.6 Å². The Morgan fingerprint density at radius 3 is 2.48 bits per heavy atom. The van der Waals surface area contributed by atoms with E-state index in [9.17, 15) is 4.79 Å². The van der Waals surface area contributed by atoms with Crippen molar-refractivity contribution in [1.82, 2.24) is 14.9 Å². The van der Waals surface area contributed by atoms with Crippen molar-refractivity contribution >= 4 is 16.9 Å². The Labute approximate surface area is 138 Å². The Balaban J connectivity index is 2.25. The zero-order valence-electron chi connectivity index (χ0n) is 14.7. The van der Waals surface area contributed by atoms with Gasteiger partial charge in [-0.05, 0) is 45.2 Å². The van der Waals surface area contributed by atoms with Crippen LogP contribution in [0.3, 0.4) is 0 Å². The van der Waals surface area contributed by atoms with Crippen LogP contribution in [0.2, 0.25) is 0 Å². The summed E-state index contributed by atoms with van der Waals surface area (Å²) in [6.07, 6.45) is 0.680. The summed E-state index contributed by atoms with van der Waals surface area (Å²) in [5.41, 5.74) is 8.01. The highest BCUT2D eigenvalue weighted by atomic mass is 16.2. The van der Waals surface area contributed by atoms with E-state index < -0.39 is 6.04 Å². The lowest BCUT2D eigenvalue weighted by molar-refractivity contribution is -0.123. The quantitative estimate of drug-likeness (QED) is 0.859. The number of fused-ring (bicyclic) bond motifs is 1. The molecule has 0 saturated carbocycles. The van der Waals surface area contributed by atoms with Gasteiger partial charge >= 0.3 is 0 Å². The molecule has 1 aromatic heterocycles. The van der Waals surface area contributed by atoms with Gasteiger partial charge in [0.25, 0.3) is 0 Å². The number of hydrogen-bond donors (Lipinski definition) is 2. The van der Waals surface area contributed by atoms with Crippen LogP contribution >= 0.6 is 0 Å². The third-order valence-corrected chi connectivity index (χ3v) is 3.95. The standard InChI is InChI=1S/C18H28N4O/c1-11(2)10-14(19)18(23)20-13(5)17-21-15-8-6-7-9-16(15)22(17)12(3)4/h6-9,11-14H,10,19H2,1-5H3,(H,20,23)/t13?,14-/m0/s1. The van der Waals surface area contributed by atoms with Crippen LogP contribution in [0.5, 0.6) is 0 Å². The molecule has 0 radical (unpaired) electrons. The zero-order valence-corrected chi connectivity index (χ0v) is 14.7. The highest BCUT2D eigenvalue weighted by Gasteiger charge is 2.22. The molecule has 0 bridgehead atoms. The second-order valence-corrected chi connectivity index (χ2v) is 6.89. The summed E-state index contributed by atoms with van der Waals surface area (Å²) in [5.74, 6) is 1.14. The highest BCUT2D eigenvalue weighted by molar-refractivity contribution is 5.82. The van der Waals surface area contributed by atoms with Crippen molar-refractivity contribution in [1.29, 1.82) is 0 Å². The van der Waals surface area contributed by atoms with Crippen LogP contribution in [0.25, 0.3) is 11.0 Å². The number of para-hydroxylation sites is 2. The van der Waals surface area contributed by atoms with Crippen LogP contribution in [0.1, 0.15) is 58.9 Å². The molecule has 126 valence electrons. The van der Waals surface area contributed by atoms with Crippen molar-refractivity contribution < 1.29 is 4.79 Å². The molecule has 0 spiro atoms. The van der Waals surface area contributed by atoms with Crippen LogP contribution in [0.15, 0.2) is 24.3 Å². The van der Waals surface area contributed by atoms with Crippen molar-refractivity contribution in [2.24, 2.45) is 11.7 Å². The van der Waals surface area contributed by atoms with E-state index >= 15 is 0 Å². The number of nitrogens with one attached hydrogen (secondary N) is 1. The second-order valence-electron chi connectivity index (χ2n) is 6.89. The SMILES string of the molecule is CC(C)C[C@H](N)C(=O)NC(C)c1nc2ccccc2n1C(C)C. The first-order valence-corrected chi connectivity index (χ1v) is 8.34. The first-order valence-electron chi connectivity index (χ1n) is 8.34. The topological polar surface area (TPSA) is 72.9 Å². The summed E-state index contributed by atoms with van der Waals surface area (Å²) in [6, 6.07) is 7.65. The third kappa shape index (κ3) is 3.91. The number of carbonyl (C=O) groups excluding carboxylic acids is 1. The minimum Gasteiger partial charge on any atom is -0.345 e. The Morgan fingerprint density at radius 2 is 1.87 bits per heavy atom. The molecule has 0 aliphatic heterocycles. The van der Waals surface area contributed by atoms with Crippen molar-refractivity contribution in [3.8, 4) is 0 Å². The van der Waals surface area contributed by atoms with E-state index in [0.717, 1.165) is 16.9 Å². The lowest BCUT2D eigenvalue weighted by Crippen LogP contribution is -2.42. The first kappa shape index (κ1) is 17.5. The number of imidazole rings is 1. The summed E-state index contributed by atoms with van der Waals surface area (Å²) in [5, 5.41) is 3.01. The smallest absolute Gasteiger partial charge is 0.237 e. The summed E-state index contributed by atoms with van der Waals surface area (Å²) in [6.45, 7) is 10.3. The third-order valence-electron chi connectivity index (χ3n) is 3.95. The van der Waals surface area contributed by atoms with E-state index in [-0.39, 0.29) is 18.0 Å². The summed E-state index contributed by atoms with van der Waals surface area (Å²) in [4.78, 5) is 17.0. The zero-order chi connectivity index (χ0) is 17.1. The molecule has 1 heterocycles. The monoisotopic (exact) mass is 316 g/mol. The molecule has 5 heteroatoms. The van der Waals surface area contributed by atoms with E-state index in [0.29, 0.717) is 12.3 Å². The molecular weight excluding hydrogens is 288 g/mol. The van der Waals surface area contributed by atoms with Crippen LogP contribution in [-0.2, 0) is 4.79 Å². The Hall–Kier alpha value is -1.88. The molecular formula is C18H28N4O. The van der Waals surface area contributed by atoms with E-state index in [1.54, 1.807) is 0 Å². The number of carbonyl (C=O) groups is 1. The van der Waals surface area contributed by atoms with Gasteiger partial charge in [0.05, 0.1) is 23.1 Å². The minimum absolute atomic E-state index is 0.117. The Morgan fingerprint density at radius 1 is 1.22 bits per heavy atom. The van der Waals surface area contributed by atoms with Crippen molar-refractivity contribution in [2.75, 3.05) is 0 Å². The molecule has 0 fully saturated rings. The molecule has 5 nitrogen and oxygen atoms in total. The number of rotatable bonds is 6. The molecule has 1 unspecified atom stereocenters. The van der Waals surface area contributed by atoms with Crippen LogP contribution in [0, 0.1) is 5.92 Å². The van der Waals surface area contributed by atoms with Crippen molar-refractivity contribution in [2.45, 2.75) is 59.2 Å². The second kappa shape index (κ2) is 7.13. The van der Waals surface area contributed by atoms with Gasteiger partial charge in [0.15, 0.2) is 0 Å². The van der Waals surface area contributed by atoms with Gasteiger partial charge in [0, 0.05) is 6.04 Å². The van der Waals surface area contributed by atoms with E-state index in [2.05, 4.69) is 43.6 Å². The summed E-state index contributed by atoms with van der Waals surface area (Å²) in [7, 11) is 0. The maximum Gasteiger partial charge on any atom is 0.237 e. The maximum absolute atomic E-state index is 12.3. The fourth-order valence-electron chi connectivity index (χ4n) is 2.91. The van der Waals surface area contributed by atoms with Crippen LogP contribution in [-0.4, -0.2) is 21.5 Å². The first-order chi connectivity index (χ1) is 10.8. The lowest BCUT2D eigenvalue weighted by atomic mass is 10.0. The molecule has 1 amide bonds. The average Bonchev–Trinajstić information content (AvgIpc) is 2.85. The highest BCUT2D eigenvalue weighted by Crippen LogP contribution is 2.24. The summed E-state index contributed by atoms with van der Waals surface area (Å²) < 4.78 is 2.17. The van der Waals surface area contributed by atoms with Gasteiger partial charge in [0.1, 0.15) is 5.82 Å². The largest absolute Gasteiger partial charge is 0.345 e. The molecule has 3 N–H and O–H groups in total. The molecule has 2 aromatic rings. The predicted molar refractivity (Wildman–Crippen MR) is 94.1 cm³/mol. The molecule has 2 rings (SSSR count). The molecule has 2 atom stereocenters. The van der Waals surface area contributed by atoms with Crippen LogP contribution < -0.4 is 11.1 Å². The maximum atomic E-state index is 12.3. The van der Waals surface area contributed by atoms with Gasteiger partial charge in [-0.3, -0.25) is 4.79 Å². The molecule has 0 aliphatic carbocycles. The number of nitrogens with two attached hydrogens (primary N) is 1. The van der Waals surface area contributed by atoms with Crippen LogP contribution in [0.4, 0.5) is 0 Å². The number of benzene rings is 1. The van der Waals surface area contributed by atoms with E-state index in [4.69, 9.17) is 10.7 Å². The lowest BCUT2D eigenvalue weighted by Gasteiger charge is -2.21. The normalized spacial score (nSPS) is 14.4. The number of amides is 1. The molecule has 0 saturated heterocycles. The predicted octanol–water partition coefficient (Wildman–Crippen LogP) is 3.17. The molecule has 23 heavy (non-hydrogen) atoms. The van der Waals surface area contributed by atoms with E-state index in [1.165, 1.54) is 0 Å². The van der Waals surface area contributed by atoms with Gasteiger partial charge in [-0.2, -0.15) is 0 Å². The number of hydrogen-bond acceptors (Lipinski definition) is 3. The van der Waals surface area contributed by atoms with Gasteiger partial charge in [0.2, 0.25) is 5.91 Å². The Kier molecular flexibility index (Phi) is 5.42. The van der Waals surface area contributed by atoms with Crippen molar-refractivity contribution in [3.63, 3.8) is 0 Å².